The molecule has 0 spiro atoms. The third kappa shape index (κ3) is 2.13. The van der Waals surface area contributed by atoms with Crippen LogP contribution >= 0.6 is 0 Å². The van der Waals surface area contributed by atoms with Gasteiger partial charge < -0.3 is 9.84 Å². The van der Waals surface area contributed by atoms with Gasteiger partial charge in [-0.15, -0.1) is 6.58 Å². The van der Waals surface area contributed by atoms with Crippen molar-refractivity contribution in [3.63, 3.8) is 0 Å². The van der Waals surface area contributed by atoms with Gasteiger partial charge in [0.1, 0.15) is 5.60 Å². The number of aliphatic hydroxyl groups excluding tert-OH is 1. The summed E-state index contributed by atoms with van der Waals surface area (Å²) in [6, 6.07) is 0. The minimum Gasteiger partial charge on any atom is -0.390 e. The van der Waals surface area contributed by atoms with E-state index in [4.69, 9.17) is 4.74 Å². The molecule has 126 valence electrons. The van der Waals surface area contributed by atoms with Gasteiger partial charge >= 0.3 is 0 Å². The highest BCUT2D eigenvalue weighted by Crippen LogP contribution is 2.65. The molecule has 0 aromatic carbocycles. The van der Waals surface area contributed by atoms with Gasteiger partial charge in [-0.1, -0.05) is 33.3 Å². The van der Waals surface area contributed by atoms with E-state index in [0.717, 1.165) is 18.8 Å². The molecule has 3 aliphatic rings. The van der Waals surface area contributed by atoms with Crippen molar-refractivity contribution in [2.75, 3.05) is 0 Å². The van der Waals surface area contributed by atoms with Gasteiger partial charge in [0, 0.05) is 0 Å². The van der Waals surface area contributed by atoms with Gasteiger partial charge in [0.25, 0.3) is 0 Å². The molecular weight excluding hydrogens is 272 g/mol. The summed E-state index contributed by atoms with van der Waals surface area (Å²) in [5.74, 6) is 1.19. The lowest BCUT2D eigenvalue weighted by Gasteiger charge is -2.65. The summed E-state index contributed by atoms with van der Waals surface area (Å²) in [6.07, 6.45) is 8.50. The van der Waals surface area contributed by atoms with Crippen molar-refractivity contribution >= 4 is 0 Å². The quantitative estimate of drug-likeness (QED) is 0.711. The minimum atomic E-state index is -0.599. The van der Waals surface area contributed by atoms with E-state index in [-0.39, 0.29) is 11.0 Å². The van der Waals surface area contributed by atoms with Gasteiger partial charge in [0.15, 0.2) is 0 Å². The molecular formula is C20H34O2. The second kappa shape index (κ2) is 4.83. The topological polar surface area (TPSA) is 29.5 Å². The van der Waals surface area contributed by atoms with Crippen LogP contribution in [-0.4, -0.2) is 22.4 Å². The van der Waals surface area contributed by atoms with Crippen LogP contribution in [0.3, 0.4) is 0 Å². The summed E-state index contributed by atoms with van der Waals surface area (Å²) in [7, 11) is 0. The molecule has 0 unspecified atom stereocenters. The molecule has 0 aromatic heterocycles. The fourth-order valence-electron chi connectivity index (χ4n) is 6.45. The van der Waals surface area contributed by atoms with Crippen LogP contribution in [0.1, 0.15) is 73.1 Å². The van der Waals surface area contributed by atoms with Crippen LogP contribution in [0.25, 0.3) is 0 Å². The number of aliphatic hydroxyl groups is 1. The van der Waals surface area contributed by atoms with E-state index in [0.29, 0.717) is 11.3 Å². The van der Waals surface area contributed by atoms with Crippen molar-refractivity contribution in [2.24, 2.45) is 22.7 Å². The first-order valence-corrected chi connectivity index (χ1v) is 9.09. The Morgan fingerprint density at radius 1 is 1.05 bits per heavy atom. The number of hydrogen-bond donors (Lipinski definition) is 1. The molecule has 0 aromatic rings. The molecule has 0 radical (unpaired) electrons. The van der Waals surface area contributed by atoms with Crippen LogP contribution in [0, 0.1) is 22.7 Å². The monoisotopic (exact) mass is 306 g/mol. The minimum absolute atomic E-state index is 0.124. The maximum absolute atomic E-state index is 10.7. The van der Waals surface area contributed by atoms with Crippen LogP contribution in [0.4, 0.5) is 0 Å². The van der Waals surface area contributed by atoms with Gasteiger partial charge in [-0.2, -0.15) is 0 Å². The lowest BCUT2D eigenvalue weighted by molar-refractivity contribution is -0.281. The van der Waals surface area contributed by atoms with Gasteiger partial charge in [-0.25, -0.2) is 0 Å². The van der Waals surface area contributed by atoms with Crippen molar-refractivity contribution in [1.29, 1.82) is 0 Å². The van der Waals surface area contributed by atoms with Crippen LogP contribution < -0.4 is 0 Å². The summed E-state index contributed by atoms with van der Waals surface area (Å²) < 4.78 is 6.54. The zero-order chi connectivity index (χ0) is 16.4. The Kier molecular flexibility index (Phi) is 3.63. The molecule has 0 bridgehead atoms. The van der Waals surface area contributed by atoms with Gasteiger partial charge in [-0.05, 0) is 68.6 Å². The Morgan fingerprint density at radius 2 is 1.73 bits per heavy atom. The third-order valence-corrected chi connectivity index (χ3v) is 7.72. The van der Waals surface area contributed by atoms with Crippen molar-refractivity contribution in [3.8, 4) is 0 Å². The van der Waals surface area contributed by atoms with Crippen LogP contribution in [0.2, 0.25) is 0 Å². The maximum atomic E-state index is 10.7. The molecule has 1 aliphatic heterocycles. The number of rotatable bonds is 1. The first kappa shape index (κ1) is 16.5. The molecule has 22 heavy (non-hydrogen) atoms. The number of ether oxygens (including phenoxy) is 1. The fourth-order valence-corrected chi connectivity index (χ4v) is 6.45. The lowest BCUT2D eigenvalue weighted by Crippen LogP contribution is -2.65. The molecule has 3 fully saturated rings. The third-order valence-electron chi connectivity index (χ3n) is 7.72. The first-order valence-electron chi connectivity index (χ1n) is 9.09. The van der Waals surface area contributed by atoms with Crippen molar-refractivity contribution in [2.45, 2.75) is 90.4 Å². The largest absolute Gasteiger partial charge is 0.390 e. The van der Waals surface area contributed by atoms with Gasteiger partial charge in [-0.3, -0.25) is 0 Å². The molecule has 2 saturated carbocycles. The highest BCUT2D eigenvalue weighted by Gasteiger charge is 2.62. The molecule has 1 saturated heterocycles. The summed E-state index contributed by atoms with van der Waals surface area (Å²) >= 11 is 0. The van der Waals surface area contributed by atoms with Crippen molar-refractivity contribution in [3.05, 3.63) is 12.7 Å². The summed E-state index contributed by atoms with van der Waals surface area (Å²) in [5.41, 5.74) is -0.0177. The average Bonchev–Trinajstić information content (AvgIpc) is 2.40. The molecule has 1 heterocycles. The molecule has 6 atom stereocenters. The molecule has 0 amide bonds. The Bertz CT molecular complexity index is 470. The Hall–Kier alpha value is -0.340. The Balaban J connectivity index is 1.98. The summed E-state index contributed by atoms with van der Waals surface area (Å²) in [4.78, 5) is 0. The highest BCUT2D eigenvalue weighted by molar-refractivity contribution is 5.15. The van der Waals surface area contributed by atoms with Crippen LogP contribution in [0.5, 0.6) is 0 Å². The van der Waals surface area contributed by atoms with E-state index in [1.807, 2.05) is 6.92 Å². The van der Waals surface area contributed by atoms with Crippen molar-refractivity contribution in [1.82, 2.24) is 0 Å². The zero-order valence-electron chi connectivity index (χ0n) is 15.1. The first-order chi connectivity index (χ1) is 10.1. The molecule has 2 aliphatic carbocycles. The highest BCUT2D eigenvalue weighted by atomic mass is 16.5. The summed E-state index contributed by atoms with van der Waals surface area (Å²) in [5, 5.41) is 10.7. The van der Waals surface area contributed by atoms with Crippen LogP contribution in [0.15, 0.2) is 12.7 Å². The van der Waals surface area contributed by atoms with Crippen LogP contribution in [-0.2, 0) is 4.74 Å². The predicted octanol–water partition coefficient (Wildman–Crippen LogP) is 4.71. The fraction of sp³-hybridized carbons (Fsp3) is 0.900. The molecule has 1 N–H and O–H groups in total. The zero-order valence-corrected chi connectivity index (χ0v) is 15.1. The average molecular weight is 306 g/mol. The van der Waals surface area contributed by atoms with Gasteiger partial charge in [0.05, 0.1) is 11.7 Å². The molecule has 2 heteroatoms. The normalized spacial score (nSPS) is 54.2. The number of fused-ring (bicyclic) bond motifs is 3. The van der Waals surface area contributed by atoms with E-state index in [9.17, 15) is 5.11 Å². The van der Waals surface area contributed by atoms with Crippen molar-refractivity contribution < 1.29 is 9.84 Å². The SMILES string of the molecule is C=C[C@@]1(C)O[C@]2(C)CC[C@H]3C(C)(C)CCC[C@]3(C)[C@H]2C[C@@H]1O. The summed E-state index contributed by atoms with van der Waals surface area (Å²) in [6.45, 7) is 15.6. The van der Waals surface area contributed by atoms with E-state index in [1.54, 1.807) is 6.08 Å². The Morgan fingerprint density at radius 3 is 2.36 bits per heavy atom. The van der Waals surface area contributed by atoms with Gasteiger partial charge in [0.2, 0.25) is 0 Å². The van der Waals surface area contributed by atoms with E-state index >= 15 is 0 Å². The van der Waals surface area contributed by atoms with E-state index in [1.165, 1.54) is 25.7 Å². The predicted molar refractivity (Wildman–Crippen MR) is 90.7 cm³/mol. The van der Waals surface area contributed by atoms with E-state index < -0.39 is 11.7 Å². The van der Waals surface area contributed by atoms with E-state index in [2.05, 4.69) is 34.3 Å². The smallest absolute Gasteiger partial charge is 0.110 e. The maximum Gasteiger partial charge on any atom is 0.110 e. The standard InChI is InChI=1S/C20H34O2/c1-7-19(5)16(21)13-15-18(4)11-8-10-17(2,3)14(18)9-12-20(15,6)22-19/h7,14-16,21H,1,8-13H2,2-6H3/t14-,15+,16-,18-,19+,20+/m0/s1. The molecule has 3 rings (SSSR count). The number of hydrogen-bond acceptors (Lipinski definition) is 2. The second-order valence-corrected chi connectivity index (χ2v) is 9.55. The second-order valence-electron chi connectivity index (χ2n) is 9.55. The lowest BCUT2D eigenvalue weighted by atomic mass is 9.44. The Labute approximate surface area is 136 Å². The molecule has 2 nitrogen and oxygen atoms in total.